The summed E-state index contributed by atoms with van der Waals surface area (Å²) in [4.78, 5) is 4.20. The number of aromatic nitrogens is 1. The van der Waals surface area contributed by atoms with Crippen LogP contribution in [0.25, 0.3) is 5.57 Å². The number of nitrogens with one attached hydrogen (secondary N) is 1. The molecule has 0 fully saturated rings. The predicted octanol–water partition coefficient (Wildman–Crippen LogP) is 3.20. The van der Waals surface area contributed by atoms with Crippen LogP contribution in [0, 0.1) is 0 Å². The lowest BCUT2D eigenvalue weighted by molar-refractivity contribution is 0.562. The van der Waals surface area contributed by atoms with Gasteiger partial charge in [0.2, 0.25) is 0 Å². The van der Waals surface area contributed by atoms with E-state index in [2.05, 4.69) is 52.8 Å². The number of nitrogens with zero attached hydrogens (tertiary/aromatic N) is 1. The lowest BCUT2D eigenvalue weighted by atomic mass is 9.92. The van der Waals surface area contributed by atoms with Crippen LogP contribution in [0.2, 0.25) is 0 Å². The molecule has 0 amide bonds. The highest BCUT2D eigenvalue weighted by atomic mass is 14.9. The second-order valence-corrected chi connectivity index (χ2v) is 4.55. The third-order valence-corrected chi connectivity index (χ3v) is 3.37. The molecular weight excluding hydrogens is 220 g/mol. The molecule has 0 saturated heterocycles. The normalized spacial score (nSPS) is 19.3. The van der Waals surface area contributed by atoms with Crippen molar-refractivity contribution in [3.05, 3.63) is 72.1 Å². The van der Waals surface area contributed by atoms with Gasteiger partial charge >= 0.3 is 0 Å². The monoisotopic (exact) mass is 236 g/mol. The Bertz CT molecular complexity index is 532. The molecule has 2 heterocycles. The Morgan fingerprint density at radius 3 is 2.72 bits per heavy atom. The first-order valence-corrected chi connectivity index (χ1v) is 6.31. The summed E-state index contributed by atoms with van der Waals surface area (Å²) in [5, 5.41) is 3.52. The molecule has 0 bridgehead atoms. The van der Waals surface area contributed by atoms with Gasteiger partial charge in [-0.25, -0.2) is 0 Å². The van der Waals surface area contributed by atoms with Crippen LogP contribution in [0.1, 0.15) is 23.6 Å². The summed E-state index contributed by atoms with van der Waals surface area (Å²) in [7, 11) is 0. The molecule has 2 aromatic rings. The zero-order chi connectivity index (χ0) is 12.2. The van der Waals surface area contributed by atoms with Crippen LogP contribution >= 0.6 is 0 Å². The highest BCUT2D eigenvalue weighted by molar-refractivity contribution is 5.67. The fourth-order valence-electron chi connectivity index (χ4n) is 2.41. The van der Waals surface area contributed by atoms with E-state index in [9.17, 15) is 0 Å². The van der Waals surface area contributed by atoms with Gasteiger partial charge in [0, 0.05) is 25.0 Å². The summed E-state index contributed by atoms with van der Waals surface area (Å²) in [6, 6.07) is 15.1. The van der Waals surface area contributed by atoms with Gasteiger partial charge < -0.3 is 5.32 Å². The first-order chi connectivity index (χ1) is 8.93. The van der Waals surface area contributed by atoms with Crippen molar-refractivity contribution in [3.63, 3.8) is 0 Å². The molecule has 0 spiro atoms. The number of pyridine rings is 1. The second kappa shape index (κ2) is 5.15. The van der Waals surface area contributed by atoms with E-state index >= 15 is 0 Å². The summed E-state index contributed by atoms with van der Waals surface area (Å²) in [5.74, 6) is 0. The van der Waals surface area contributed by atoms with E-state index in [1.54, 1.807) is 0 Å². The van der Waals surface area contributed by atoms with Crippen LogP contribution in [0.15, 0.2) is 60.9 Å². The number of benzene rings is 1. The van der Waals surface area contributed by atoms with Gasteiger partial charge in [-0.15, -0.1) is 0 Å². The smallest absolute Gasteiger partial charge is 0.0378 e. The Morgan fingerprint density at radius 2 is 1.94 bits per heavy atom. The van der Waals surface area contributed by atoms with Crippen molar-refractivity contribution >= 4 is 5.57 Å². The SMILES string of the molecule is C1=C(c2ccccc2)C[C@@H](c2cccnc2)NC1. The Hall–Kier alpha value is -1.93. The maximum absolute atomic E-state index is 4.20. The van der Waals surface area contributed by atoms with Crippen LogP contribution in [-0.2, 0) is 0 Å². The second-order valence-electron chi connectivity index (χ2n) is 4.55. The van der Waals surface area contributed by atoms with Gasteiger partial charge in [-0.05, 0) is 29.2 Å². The number of hydrogen-bond acceptors (Lipinski definition) is 2. The van der Waals surface area contributed by atoms with Gasteiger partial charge in [0.25, 0.3) is 0 Å². The molecule has 2 heteroatoms. The minimum atomic E-state index is 0.374. The molecule has 90 valence electrons. The Kier molecular flexibility index (Phi) is 3.20. The summed E-state index contributed by atoms with van der Waals surface area (Å²) < 4.78 is 0. The van der Waals surface area contributed by atoms with Crippen LogP contribution < -0.4 is 5.32 Å². The molecule has 1 aliphatic heterocycles. The molecule has 18 heavy (non-hydrogen) atoms. The van der Waals surface area contributed by atoms with E-state index in [1.807, 2.05) is 18.5 Å². The standard InChI is InChI=1S/C16H16N2/c1-2-5-13(6-3-1)14-8-10-18-16(11-14)15-7-4-9-17-12-15/h1-9,12,16,18H,10-11H2/t16-/m0/s1. The summed E-state index contributed by atoms with van der Waals surface area (Å²) in [5.41, 5.74) is 4.01. The van der Waals surface area contributed by atoms with Crippen molar-refractivity contribution in [1.29, 1.82) is 0 Å². The van der Waals surface area contributed by atoms with Gasteiger partial charge in [0.05, 0.1) is 0 Å². The van der Waals surface area contributed by atoms with Crippen molar-refractivity contribution < 1.29 is 0 Å². The summed E-state index contributed by atoms with van der Waals surface area (Å²) >= 11 is 0. The zero-order valence-corrected chi connectivity index (χ0v) is 10.2. The fourth-order valence-corrected chi connectivity index (χ4v) is 2.41. The molecule has 0 radical (unpaired) electrons. The molecular formula is C16H16N2. The Morgan fingerprint density at radius 1 is 1.06 bits per heavy atom. The molecule has 3 rings (SSSR count). The van der Waals surface area contributed by atoms with E-state index in [0.29, 0.717) is 6.04 Å². The first kappa shape index (κ1) is 11.2. The maximum Gasteiger partial charge on any atom is 0.0378 e. The van der Waals surface area contributed by atoms with Crippen LogP contribution in [0.4, 0.5) is 0 Å². The van der Waals surface area contributed by atoms with Crippen LogP contribution in [0.5, 0.6) is 0 Å². The molecule has 1 N–H and O–H groups in total. The minimum absolute atomic E-state index is 0.374. The van der Waals surface area contributed by atoms with Crippen molar-refractivity contribution in [2.75, 3.05) is 6.54 Å². The third kappa shape index (κ3) is 2.34. The quantitative estimate of drug-likeness (QED) is 0.866. The highest BCUT2D eigenvalue weighted by Gasteiger charge is 2.17. The van der Waals surface area contributed by atoms with Crippen molar-refractivity contribution in [1.82, 2.24) is 10.3 Å². The van der Waals surface area contributed by atoms with Gasteiger partial charge in [0.15, 0.2) is 0 Å². The largest absolute Gasteiger partial charge is 0.306 e. The molecule has 0 saturated carbocycles. The lowest BCUT2D eigenvalue weighted by Gasteiger charge is -2.24. The zero-order valence-electron chi connectivity index (χ0n) is 10.2. The van der Waals surface area contributed by atoms with Crippen molar-refractivity contribution in [2.24, 2.45) is 0 Å². The van der Waals surface area contributed by atoms with E-state index < -0.39 is 0 Å². The molecule has 1 aromatic carbocycles. The predicted molar refractivity (Wildman–Crippen MR) is 74.0 cm³/mol. The first-order valence-electron chi connectivity index (χ1n) is 6.31. The molecule has 0 unspecified atom stereocenters. The summed E-state index contributed by atoms with van der Waals surface area (Å²) in [6.07, 6.45) is 7.07. The molecule has 0 aliphatic carbocycles. The number of rotatable bonds is 2. The van der Waals surface area contributed by atoms with E-state index in [-0.39, 0.29) is 0 Å². The van der Waals surface area contributed by atoms with Crippen molar-refractivity contribution in [3.8, 4) is 0 Å². The lowest BCUT2D eigenvalue weighted by Crippen LogP contribution is -2.25. The minimum Gasteiger partial charge on any atom is -0.306 e. The molecule has 1 aromatic heterocycles. The average molecular weight is 236 g/mol. The molecule has 2 nitrogen and oxygen atoms in total. The number of hydrogen-bond donors (Lipinski definition) is 1. The van der Waals surface area contributed by atoms with Gasteiger partial charge in [0.1, 0.15) is 0 Å². The van der Waals surface area contributed by atoms with E-state index in [4.69, 9.17) is 0 Å². The van der Waals surface area contributed by atoms with Gasteiger partial charge in [-0.3, -0.25) is 4.98 Å². The van der Waals surface area contributed by atoms with E-state index in [0.717, 1.165) is 13.0 Å². The van der Waals surface area contributed by atoms with Crippen molar-refractivity contribution in [2.45, 2.75) is 12.5 Å². The maximum atomic E-state index is 4.20. The third-order valence-electron chi connectivity index (χ3n) is 3.37. The highest BCUT2D eigenvalue weighted by Crippen LogP contribution is 2.29. The molecule has 1 atom stereocenters. The van der Waals surface area contributed by atoms with Gasteiger partial charge in [-0.1, -0.05) is 42.5 Å². The van der Waals surface area contributed by atoms with Crippen LogP contribution in [-0.4, -0.2) is 11.5 Å². The van der Waals surface area contributed by atoms with Gasteiger partial charge in [-0.2, -0.15) is 0 Å². The topological polar surface area (TPSA) is 24.9 Å². The summed E-state index contributed by atoms with van der Waals surface area (Å²) in [6.45, 7) is 0.920. The fraction of sp³-hybridized carbons (Fsp3) is 0.188. The van der Waals surface area contributed by atoms with E-state index in [1.165, 1.54) is 16.7 Å². The van der Waals surface area contributed by atoms with Crippen LogP contribution in [0.3, 0.4) is 0 Å². The Balaban J connectivity index is 1.82. The average Bonchev–Trinajstić information content (AvgIpc) is 2.49. The molecule has 1 aliphatic rings. The Labute approximate surface area is 107 Å².